The van der Waals surface area contributed by atoms with Gasteiger partial charge >= 0.3 is 6.09 Å². The van der Waals surface area contributed by atoms with Crippen molar-refractivity contribution >= 4 is 23.4 Å². The topological polar surface area (TPSA) is 64.3 Å². The largest absolute Gasteiger partial charge is 0.444 e. The average molecular weight is 311 g/mol. The lowest BCUT2D eigenvalue weighted by molar-refractivity contribution is 0.0636. The number of halogens is 1. The first-order chi connectivity index (χ1) is 9.67. The number of ether oxygens (including phenoxy) is 1. The first-order valence-electron chi connectivity index (χ1n) is 7.24. The predicted molar refractivity (Wildman–Crippen MR) is 85.8 cm³/mol. The summed E-state index contributed by atoms with van der Waals surface area (Å²) >= 11 is 6.21. The number of carbonyl (C=O) groups is 1. The molecule has 0 spiro atoms. The summed E-state index contributed by atoms with van der Waals surface area (Å²) < 4.78 is 5.20. The number of nitrogens with two attached hydrogens (primary N) is 1. The molecule has 1 fully saturated rings. The normalized spacial score (nSPS) is 16.4. The summed E-state index contributed by atoms with van der Waals surface area (Å²) in [6.45, 7) is 5.45. The lowest BCUT2D eigenvalue weighted by Gasteiger charge is -2.20. The summed E-state index contributed by atoms with van der Waals surface area (Å²) in [6, 6.07) is 5.64. The molecule has 1 amide bonds. The van der Waals surface area contributed by atoms with Crippen LogP contribution in [-0.4, -0.2) is 17.2 Å². The fourth-order valence-corrected chi connectivity index (χ4v) is 2.28. The molecule has 0 radical (unpaired) electrons. The fourth-order valence-electron chi connectivity index (χ4n) is 2.03. The van der Waals surface area contributed by atoms with Crippen molar-refractivity contribution in [3.05, 3.63) is 28.8 Å². The highest BCUT2D eigenvalue weighted by atomic mass is 35.5. The van der Waals surface area contributed by atoms with Crippen molar-refractivity contribution in [3.8, 4) is 0 Å². The monoisotopic (exact) mass is 310 g/mol. The van der Waals surface area contributed by atoms with E-state index in [1.165, 1.54) is 0 Å². The zero-order valence-corrected chi connectivity index (χ0v) is 13.6. The third kappa shape index (κ3) is 5.21. The number of amides is 1. The van der Waals surface area contributed by atoms with Gasteiger partial charge in [-0.1, -0.05) is 17.7 Å². The van der Waals surface area contributed by atoms with E-state index < -0.39 is 11.7 Å². The standard InChI is InChI=1S/C16H23ClN2O2/c1-15(2,3)21-14(20)19-13-5-4-11(10-12(13)17)6-7-16(18)8-9-16/h4-5,10H,6-9,18H2,1-3H3,(H,19,20). The number of rotatable bonds is 4. The van der Waals surface area contributed by atoms with Crippen LogP contribution in [0.3, 0.4) is 0 Å². The van der Waals surface area contributed by atoms with Crippen LogP contribution in [0.15, 0.2) is 18.2 Å². The van der Waals surface area contributed by atoms with Crippen molar-refractivity contribution < 1.29 is 9.53 Å². The van der Waals surface area contributed by atoms with Crippen LogP contribution in [0.2, 0.25) is 5.02 Å². The predicted octanol–water partition coefficient (Wildman–Crippen LogP) is 4.11. The van der Waals surface area contributed by atoms with E-state index in [1.54, 1.807) is 6.07 Å². The summed E-state index contributed by atoms with van der Waals surface area (Å²) in [7, 11) is 0. The van der Waals surface area contributed by atoms with Crippen molar-refractivity contribution in [2.24, 2.45) is 5.73 Å². The molecular formula is C16H23ClN2O2. The van der Waals surface area contributed by atoms with E-state index in [2.05, 4.69) is 5.32 Å². The molecule has 0 unspecified atom stereocenters. The Kier molecular flexibility index (Phi) is 4.49. The van der Waals surface area contributed by atoms with E-state index in [9.17, 15) is 4.79 Å². The molecule has 0 bridgehead atoms. The first kappa shape index (κ1) is 16.1. The van der Waals surface area contributed by atoms with E-state index in [4.69, 9.17) is 22.1 Å². The molecule has 116 valence electrons. The SMILES string of the molecule is CC(C)(C)OC(=O)Nc1ccc(CCC2(N)CC2)cc1Cl. The van der Waals surface area contributed by atoms with Gasteiger partial charge in [-0.05, 0) is 64.2 Å². The minimum absolute atomic E-state index is 0.0416. The van der Waals surface area contributed by atoms with Gasteiger partial charge in [0.15, 0.2) is 0 Å². The maximum absolute atomic E-state index is 11.7. The molecular weight excluding hydrogens is 288 g/mol. The zero-order chi connectivity index (χ0) is 15.7. The lowest BCUT2D eigenvalue weighted by atomic mass is 10.0. The van der Waals surface area contributed by atoms with Crippen LogP contribution in [0.5, 0.6) is 0 Å². The number of aryl methyl sites for hydroxylation is 1. The Morgan fingerprint density at radius 1 is 1.43 bits per heavy atom. The molecule has 0 saturated heterocycles. The second-order valence-corrected chi connectivity index (χ2v) is 7.21. The number of nitrogens with one attached hydrogen (secondary N) is 1. The second-order valence-electron chi connectivity index (χ2n) is 6.80. The van der Waals surface area contributed by atoms with Crippen LogP contribution in [-0.2, 0) is 11.2 Å². The van der Waals surface area contributed by atoms with Gasteiger partial charge in [-0.25, -0.2) is 4.79 Å². The first-order valence-corrected chi connectivity index (χ1v) is 7.62. The maximum atomic E-state index is 11.7. The van der Waals surface area contributed by atoms with Gasteiger partial charge in [-0.2, -0.15) is 0 Å². The molecule has 3 N–H and O–H groups in total. The minimum Gasteiger partial charge on any atom is -0.444 e. The maximum Gasteiger partial charge on any atom is 0.412 e. The minimum atomic E-state index is -0.532. The summed E-state index contributed by atoms with van der Waals surface area (Å²) in [6.07, 6.45) is 3.60. The second kappa shape index (κ2) is 5.85. The van der Waals surface area contributed by atoms with Crippen molar-refractivity contribution in [3.63, 3.8) is 0 Å². The lowest BCUT2D eigenvalue weighted by Crippen LogP contribution is -2.27. The van der Waals surface area contributed by atoms with Crippen LogP contribution >= 0.6 is 11.6 Å². The molecule has 4 nitrogen and oxygen atoms in total. The van der Waals surface area contributed by atoms with Gasteiger partial charge in [-0.3, -0.25) is 5.32 Å². The highest BCUT2D eigenvalue weighted by molar-refractivity contribution is 6.33. The van der Waals surface area contributed by atoms with Crippen LogP contribution in [0.4, 0.5) is 10.5 Å². The average Bonchev–Trinajstić information content (AvgIpc) is 3.06. The van der Waals surface area contributed by atoms with Crippen molar-refractivity contribution in [1.82, 2.24) is 0 Å². The fraction of sp³-hybridized carbons (Fsp3) is 0.562. The Morgan fingerprint density at radius 3 is 2.62 bits per heavy atom. The summed E-state index contributed by atoms with van der Waals surface area (Å²) in [5.41, 5.74) is 7.28. The van der Waals surface area contributed by atoms with Gasteiger partial charge in [0, 0.05) is 5.54 Å². The van der Waals surface area contributed by atoms with Crippen molar-refractivity contribution in [1.29, 1.82) is 0 Å². The van der Waals surface area contributed by atoms with Gasteiger partial charge in [-0.15, -0.1) is 0 Å². The molecule has 1 aliphatic carbocycles. The molecule has 1 aromatic carbocycles. The molecule has 0 atom stereocenters. The van der Waals surface area contributed by atoms with Crippen LogP contribution < -0.4 is 11.1 Å². The Morgan fingerprint density at radius 2 is 2.10 bits per heavy atom. The van der Waals surface area contributed by atoms with E-state index in [1.807, 2.05) is 32.9 Å². The van der Waals surface area contributed by atoms with E-state index in [-0.39, 0.29) is 5.54 Å². The number of hydrogen-bond acceptors (Lipinski definition) is 3. The van der Waals surface area contributed by atoms with Crippen molar-refractivity contribution in [2.75, 3.05) is 5.32 Å². The van der Waals surface area contributed by atoms with Gasteiger partial charge in [0.05, 0.1) is 10.7 Å². The smallest absolute Gasteiger partial charge is 0.412 e. The van der Waals surface area contributed by atoms with Gasteiger partial charge in [0.1, 0.15) is 5.60 Å². The third-order valence-corrected chi connectivity index (χ3v) is 3.79. The molecule has 0 aliphatic heterocycles. The molecule has 21 heavy (non-hydrogen) atoms. The highest BCUT2D eigenvalue weighted by Gasteiger charge is 2.37. The number of anilines is 1. The number of benzene rings is 1. The highest BCUT2D eigenvalue weighted by Crippen LogP contribution is 2.37. The van der Waals surface area contributed by atoms with E-state index >= 15 is 0 Å². The zero-order valence-electron chi connectivity index (χ0n) is 12.8. The molecule has 5 heteroatoms. The quantitative estimate of drug-likeness (QED) is 0.879. The molecule has 1 aromatic rings. The summed E-state index contributed by atoms with van der Waals surface area (Å²) in [5.74, 6) is 0. The van der Waals surface area contributed by atoms with Crippen LogP contribution in [0.25, 0.3) is 0 Å². The van der Waals surface area contributed by atoms with Crippen molar-refractivity contribution in [2.45, 2.75) is 57.6 Å². The van der Waals surface area contributed by atoms with E-state index in [0.29, 0.717) is 10.7 Å². The van der Waals surface area contributed by atoms with Gasteiger partial charge in [0.25, 0.3) is 0 Å². The molecule has 2 rings (SSSR count). The molecule has 0 heterocycles. The number of carbonyl (C=O) groups excluding carboxylic acids is 1. The summed E-state index contributed by atoms with van der Waals surface area (Å²) in [4.78, 5) is 11.7. The van der Waals surface area contributed by atoms with Gasteiger partial charge in [0.2, 0.25) is 0 Å². The molecule has 1 saturated carbocycles. The molecule has 0 aromatic heterocycles. The Bertz CT molecular complexity index is 534. The Balaban J connectivity index is 1.93. The van der Waals surface area contributed by atoms with Crippen LogP contribution in [0.1, 0.15) is 45.6 Å². The third-order valence-electron chi connectivity index (χ3n) is 3.47. The molecule has 1 aliphatic rings. The Labute approximate surface area is 131 Å². The van der Waals surface area contributed by atoms with E-state index in [0.717, 1.165) is 31.2 Å². The number of hydrogen-bond donors (Lipinski definition) is 2. The van der Waals surface area contributed by atoms with Crippen LogP contribution in [0, 0.1) is 0 Å². The van der Waals surface area contributed by atoms with Gasteiger partial charge < -0.3 is 10.5 Å². The summed E-state index contributed by atoms with van der Waals surface area (Å²) in [5, 5.41) is 3.17. The Hall–Kier alpha value is -1.26.